The summed E-state index contributed by atoms with van der Waals surface area (Å²) >= 11 is 0. The summed E-state index contributed by atoms with van der Waals surface area (Å²) in [5.41, 5.74) is 1.26. The van der Waals surface area contributed by atoms with Gasteiger partial charge < -0.3 is 14.3 Å². The Balaban J connectivity index is 1.32. The van der Waals surface area contributed by atoms with E-state index in [0.717, 1.165) is 17.7 Å². The maximum absolute atomic E-state index is 13.1. The van der Waals surface area contributed by atoms with E-state index in [1.165, 1.54) is 18.2 Å². The number of rotatable bonds is 5. The van der Waals surface area contributed by atoms with Gasteiger partial charge in [-0.15, -0.1) is 0 Å². The van der Waals surface area contributed by atoms with Crippen LogP contribution in [0.5, 0.6) is 0 Å². The van der Waals surface area contributed by atoms with Gasteiger partial charge in [-0.25, -0.2) is 4.39 Å². The van der Waals surface area contributed by atoms with Crippen LogP contribution >= 0.6 is 0 Å². The number of benzene rings is 2. The molecule has 1 amide bonds. The Hall–Kier alpha value is -3.36. The normalized spacial score (nSPS) is 14.6. The average Bonchev–Trinajstić information content (AvgIpc) is 3.26. The van der Waals surface area contributed by atoms with E-state index >= 15 is 0 Å². The molecule has 0 bridgehead atoms. The molecule has 0 N–H and O–H groups in total. The summed E-state index contributed by atoms with van der Waals surface area (Å²) in [4.78, 5) is 16.2. The summed E-state index contributed by atoms with van der Waals surface area (Å²) in [5.74, 6) is 0.112. The summed E-state index contributed by atoms with van der Waals surface area (Å²) in [5, 5.41) is 3.80. The second-order valence-electron chi connectivity index (χ2n) is 7.60. The first-order valence-electron chi connectivity index (χ1n) is 10.2. The van der Waals surface area contributed by atoms with Crippen molar-refractivity contribution in [3.05, 3.63) is 71.7 Å². The highest BCUT2D eigenvalue weighted by Crippen LogP contribution is 2.32. The van der Waals surface area contributed by atoms with Gasteiger partial charge in [-0.2, -0.15) is 13.2 Å². The molecule has 1 saturated heterocycles. The van der Waals surface area contributed by atoms with Gasteiger partial charge >= 0.3 is 6.18 Å². The molecule has 0 aliphatic carbocycles. The summed E-state index contributed by atoms with van der Waals surface area (Å²) in [6, 6.07) is 11.1. The molecule has 1 aliphatic heterocycles. The van der Waals surface area contributed by atoms with Crippen LogP contribution < -0.4 is 4.90 Å². The van der Waals surface area contributed by atoms with E-state index in [9.17, 15) is 22.4 Å². The van der Waals surface area contributed by atoms with Gasteiger partial charge in [-0.3, -0.25) is 4.79 Å². The zero-order chi connectivity index (χ0) is 22.7. The number of halogens is 4. The highest BCUT2D eigenvalue weighted by atomic mass is 19.4. The Morgan fingerprint density at radius 3 is 2.44 bits per heavy atom. The van der Waals surface area contributed by atoms with Crippen LogP contribution in [0, 0.1) is 5.82 Å². The van der Waals surface area contributed by atoms with Crippen molar-refractivity contribution in [1.29, 1.82) is 0 Å². The number of carbonyl (C=O) groups is 1. The molecule has 1 aliphatic rings. The first-order chi connectivity index (χ1) is 15.3. The van der Waals surface area contributed by atoms with Gasteiger partial charge in [0.1, 0.15) is 5.82 Å². The van der Waals surface area contributed by atoms with E-state index in [0.29, 0.717) is 49.6 Å². The first kappa shape index (κ1) is 21.9. The largest absolute Gasteiger partial charge is 0.416 e. The fraction of sp³-hybridized carbons (Fsp3) is 0.304. The second-order valence-corrected chi connectivity index (χ2v) is 7.60. The van der Waals surface area contributed by atoms with Crippen molar-refractivity contribution in [2.45, 2.75) is 19.0 Å². The van der Waals surface area contributed by atoms with Gasteiger partial charge in [-0.05, 0) is 48.9 Å². The first-order valence-corrected chi connectivity index (χ1v) is 10.2. The lowest BCUT2D eigenvalue weighted by molar-refractivity contribution is -0.137. The summed E-state index contributed by atoms with van der Waals surface area (Å²) < 4.78 is 57.3. The van der Waals surface area contributed by atoms with Crippen LogP contribution in [0.2, 0.25) is 0 Å². The van der Waals surface area contributed by atoms with E-state index in [1.807, 2.05) is 4.90 Å². The molecule has 5 nitrogen and oxygen atoms in total. The Bertz CT molecular complexity index is 1070. The summed E-state index contributed by atoms with van der Waals surface area (Å²) in [6.07, 6.45) is -2.16. The molecule has 0 atom stereocenters. The maximum Gasteiger partial charge on any atom is 0.416 e. The van der Waals surface area contributed by atoms with E-state index in [2.05, 4.69) is 5.16 Å². The van der Waals surface area contributed by atoms with E-state index in [4.69, 9.17) is 4.52 Å². The molecule has 0 spiro atoms. The standard InChI is InChI=1S/C23H21F4N3O2/c24-19-7-4-16(5-8-19)22-17(15-28-32-22)6-9-21(31)30-12-10-29(11-13-30)20-3-1-2-18(14-20)23(25,26)27/h1-5,7-8,14-15H,6,9-13H2. The van der Waals surface area contributed by atoms with Gasteiger partial charge in [0.2, 0.25) is 5.91 Å². The minimum atomic E-state index is -4.39. The SMILES string of the molecule is O=C(CCc1cnoc1-c1ccc(F)cc1)N1CCN(c2cccc(C(F)(F)F)c2)CC1. The molecular formula is C23H21F4N3O2. The molecule has 0 unspecified atom stereocenters. The van der Waals surface area contributed by atoms with E-state index in [1.54, 1.807) is 29.3 Å². The molecule has 2 heterocycles. The number of carbonyl (C=O) groups excluding carboxylic acids is 1. The topological polar surface area (TPSA) is 49.6 Å². The monoisotopic (exact) mass is 447 g/mol. The molecule has 168 valence electrons. The van der Waals surface area contributed by atoms with Crippen molar-refractivity contribution in [2.75, 3.05) is 31.1 Å². The van der Waals surface area contributed by atoms with Crippen molar-refractivity contribution in [2.24, 2.45) is 0 Å². The lowest BCUT2D eigenvalue weighted by atomic mass is 10.0. The minimum absolute atomic E-state index is 0.0417. The van der Waals surface area contributed by atoms with Crippen LogP contribution in [-0.4, -0.2) is 42.1 Å². The van der Waals surface area contributed by atoms with Crippen LogP contribution in [0.3, 0.4) is 0 Å². The van der Waals surface area contributed by atoms with Crippen LogP contribution in [0.1, 0.15) is 17.5 Å². The number of hydrogen-bond acceptors (Lipinski definition) is 4. The Kier molecular flexibility index (Phi) is 6.16. The van der Waals surface area contributed by atoms with Gasteiger partial charge in [0, 0.05) is 49.4 Å². The number of aromatic nitrogens is 1. The lowest BCUT2D eigenvalue weighted by Crippen LogP contribution is -2.48. The third-order valence-electron chi connectivity index (χ3n) is 5.53. The second kappa shape index (κ2) is 9.02. The Labute approximate surface area is 182 Å². The summed E-state index contributed by atoms with van der Waals surface area (Å²) in [6.45, 7) is 1.79. The van der Waals surface area contributed by atoms with Gasteiger partial charge in [0.15, 0.2) is 5.76 Å². The van der Waals surface area contributed by atoms with Crippen molar-refractivity contribution in [3.8, 4) is 11.3 Å². The molecule has 2 aromatic carbocycles. The highest BCUT2D eigenvalue weighted by Gasteiger charge is 2.31. The average molecular weight is 447 g/mol. The fourth-order valence-electron chi connectivity index (χ4n) is 3.77. The minimum Gasteiger partial charge on any atom is -0.368 e. The van der Waals surface area contributed by atoms with Crippen LogP contribution in [0.25, 0.3) is 11.3 Å². The zero-order valence-corrected chi connectivity index (χ0v) is 17.1. The number of amides is 1. The maximum atomic E-state index is 13.1. The molecule has 1 aromatic heterocycles. The lowest BCUT2D eigenvalue weighted by Gasteiger charge is -2.36. The zero-order valence-electron chi connectivity index (χ0n) is 17.1. The van der Waals surface area contributed by atoms with E-state index < -0.39 is 11.7 Å². The molecule has 0 saturated carbocycles. The number of aryl methyl sites for hydroxylation is 1. The number of anilines is 1. The fourth-order valence-corrected chi connectivity index (χ4v) is 3.77. The Morgan fingerprint density at radius 2 is 1.75 bits per heavy atom. The van der Waals surface area contributed by atoms with Crippen molar-refractivity contribution < 1.29 is 26.9 Å². The van der Waals surface area contributed by atoms with Gasteiger partial charge in [0.05, 0.1) is 11.8 Å². The van der Waals surface area contributed by atoms with E-state index in [-0.39, 0.29) is 18.1 Å². The third-order valence-corrected chi connectivity index (χ3v) is 5.53. The van der Waals surface area contributed by atoms with Crippen molar-refractivity contribution >= 4 is 11.6 Å². The molecular weight excluding hydrogens is 426 g/mol. The highest BCUT2D eigenvalue weighted by molar-refractivity contribution is 5.77. The number of nitrogens with zero attached hydrogens (tertiary/aromatic N) is 3. The van der Waals surface area contributed by atoms with Gasteiger partial charge in [-0.1, -0.05) is 11.2 Å². The quantitative estimate of drug-likeness (QED) is 0.529. The number of piperazine rings is 1. The number of alkyl halides is 3. The van der Waals surface area contributed by atoms with Crippen molar-refractivity contribution in [3.63, 3.8) is 0 Å². The molecule has 32 heavy (non-hydrogen) atoms. The molecule has 9 heteroatoms. The molecule has 0 radical (unpaired) electrons. The summed E-state index contributed by atoms with van der Waals surface area (Å²) in [7, 11) is 0. The Morgan fingerprint density at radius 1 is 1.03 bits per heavy atom. The smallest absolute Gasteiger partial charge is 0.368 e. The van der Waals surface area contributed by atoms with Crippen molar-refractivity contribution in [1.82, 2.24) is 10.1 Å². The predicted molar refractivity (Wildman–Crippen MR) is 110 cm³/mol. The number of hydrogen-bond donors (Lipinski definition) is 0. The molecule has 4 rings (SSSR count). The molecule has 3 aromatic rings. The molecule has 1 fully saturated rings. The van der Waals surface area contributed by atoms with Crippen LogP contribution in [0.4, 0.5) is 23.2 Å². The van der Waals surface area contributed by atoms with Gasteiger partial charge in [0.25, 0.3) is 0 Å². The third kappa shape index (κ3) is 4.92. The van der Waals surface area contributed by atoms with Crippen LogP contribution in [-0.2, 0) is 17.4 Å². The van der Waals surface area contributed by atoms with Crippen LogP contribution in [0.15, 0.2) is 59.3 Å². The predicted octanol–water partition coefficient (Wildman–Crippen LogP) is 4.78.